The molecule has 2 N–H and O–H groups in total. The maximum Gasteiger partial charge on any atom is 0.332 e. The number of nitrogens with zero attached hydrogens (tertiary/aromatic N) is 2. The van der Waals surface area contributed by atoms with Gasteiger partial charge >= 0.3 is 5.69 Å². The molecule has 0 bridgehead atoms. The van der Waals surface area contributed by atoms with Gasteiger partial charge in [0.2, 0.25) is 6.41 Å². The summed E-state index contributed by atoms with van der Waals surface area (Å²) in [5.74, 6) is 0. The van der Waals surface area contributed by atoms with Gasteiger partial charge in [-0.2, -0.15) is 0 Å². The minimum atomic E-state index is -0.265. The van der Waals surface area contributed by atoms with E-state index in [1.54, 1.807) is 11.7 Å². The van der Waals surface area contributed by atoms with E-state index in [0.29, 0.717) is 36.3 Å². The van der Waals surface area contributed by atoms with Gasteiger partial charge in [-0.1, -0.05) is 0 Å². The number of hydrogen-bond acceptors (Lipinski definition) is 6. The summed E-state index contributed by atoms with van der Waals surface area (Å²) >= 11 is 1.40. The fraction of sp³-hybridized carbons (Fsp3) is 0.533. The van der Waals surface area contributed by atoms with E-state index in [9.17, 15) is 14.4 Å². The van der Waals surface area contributed by atoms with E-state index in [0.717, 1.165) is 23.3 Å². The Labute approximate surface area is 142 Å². The van der Waals surface area contributed by atoms with Crippen molar-refractivity contribution in [1.82, 2.24) is 20.0 Å². The molecule has 1 saturated carbocycles. The number of aromatic nitrogens is 2. The quantitative estimate of drug-likeness (QED) is 0.404. The Bertz CT molecular complexity index is 878. The molecule has 0 radical (unpaired) electrons. The molecule has 1 amide bonds. The molecular formula is C15H20N4O4S. The highest BCUT2D eigenvalue weighted by molar-refractivity contribution is 7.18. The van der Waals surface area contributed by atoms with E-state index >= 15 is 0 Å². The topological polar surface area (TPSA) is 94.4 Å². The smallest absolute Gasteiger partial charge is 0.332 e. The third-order valence-corrected chi connectivity index (χ3v) is 5.50. The summed E-state index contributed by atoms with van der Waals surface area (Å²) in [6.07, 6.45) is 2.29. The zero-order valence-electron chi connectivity index (χ0n) is 13.6. The lowest BCUT2D eigenvalue weighted by molar-refractivity contribution is -0.110. The Morgan fingerprint density at radius 2 is 2.12 bits per heavy atom. The maximum absolute atomic E-state index is 12.9. The molecule has 2 heterocycles. The molecule has 3 rings (SSSR count). The molecule has 0 spiro atoms. The standard InChI is InChI=1S/C15H20N4O4S/c1-9-11(7-16-17-8-20)24-14-12(9)13(21)19(10-3-4-10)15(22)18(14)5-6-23-2/h8,10,16H,3-7H2,1-2H3,(H,17,20). The first-order valence-electron chi connectivity index (χ1n) is 7.78. The van der Waals surface area contributed by atoms with Crippen LogP contribution in [0.3, 0.4) is 0 Å². The van der Waals surface area contributed by atoms with Crippen molar-refractivity contribution in [3.8, 4) is 0 Å². The Morgan fingerprint density at radius 3 is 2.75 bits per heavy atom. The van der Waals surface area contributed by atoms with Crippen molar-refractivity contribution in [2.75, 3.05) is 13.7 Å². The summed E-state index contributed by atoms with van der Waals surface area (Å²) in [7, 11) is 1.58. The van der Waals surface area contributed by atoms with Gasteiger partial charge in [0.25, 0.3) is 5.56 Å². The van der Waals surface area contributed by atoms with Crippen LogP contribution in [0.15, 0.2) is 9.59 Å². The molecule has 1 aliphatic rings. The third-order valence-electron chi connectivity index (χ3n) is 4.18. The van der Waals surface area contributed by atoms with Gasteiger partial charge in [-0.15, -0.1) is 11.3 Å². The zero-order chi connectivity index (χ0) is 17.3. The summed E-state index contributed by atoms with van der Waals surface area (Å²) in [5, 5.41) is 0.588. The van der Waals surface area contributed by atoms with Crippen LogP contribution in [0.25, 0.3) is 10.2 Å². The van der Waals surface area contributed by atoms with E-state index in [4.69, 9.17) is 4.74 Å². The first-order chi connectivity index (χ1) is 11.6. The van der Waals surface area contributed by atoms with Gasteiger partial charge in [-0.05, 0) is 25.3 Å². The number of aryl methyl sites for hydroxylation is 1. The average Bonchev–Trinajstić information content (AvgIpc) is 3.33. The fourth-order valence-corrected chi connectivity index (χ4v) is 4.04. The Hall–Kier alpha value is -1.97. The highest BCUT2D eigenvalue weighted by Gasteiger charge is 2.30. The van der Waals surface area contributed by atoms with Crippen molar-refractivity contribution in [3.63, 3.8) is 0 Å². The molecule has 0 aromatic carbocycles. The van der Waals surface area contributed by atoms with E-state index in [1.807, 2.05) is 6.92 Å². The van der Waals surface area contributed by atoms with Gasteiger partial charge in [0.1, 0.15) is 4.83 Å². The molecule has 2 aromatic rings. The van der Waals surface area contributed by atoms with Crippen molar-refractivity contribution in [2.45, 2.75) is 38.9 Å². The van der Waals surface area contributed by atoms with Gasteiger partial charge in [-0.25, -0.2) is 10.2 Å². The van der Waals surface area contributed by atoms with E-state index in [1.165, 1.54) is 15.9 Å². The van der Waals surface area contributed by atoms with E-state index in [-0.39, 0.29) is 17.3 Å². The highest BCUT2D eigenvalue weighted by Crippen LogP contribution is 2.34. The number of thiophene rings is 1. The van der Waals surface area contributed by atoms with E-state index in [2.05, 4.69) is 10.9 Å². The predicted octanol–water partition coefficient (Wildman–Crippen LogP) is 0.265. The van der Waals surface area contributed by atoms with Gasteiger partial charge < -0.3 is 4.74 Å². The number of carbonyl (C=O) groups excluding carboxylic acids is 1. The van der Waals surface area contributed by atoms with Crippen LogP contribution >= 0.6 is 11.3 Å². The first-order valence-corrected chi connectivity index (χ1v) is 8.60. The number of hydrazine groups is 1. The number of fused-ring (bicyclic) bond motifs is 1. The number of ether oxygens (including phenoxy) is 1. The summed E-state index contributed by atoms with van der Waals surface area (Å²) < 4.78 is 8.13. The number of amides is 1. The lowest BCUT2D eigenvalue weighted by Crippen LogP contribution is -2.39. The molecular weight excluding hydrogens is 332 g/mol. The van der Waals surface area contributed by atoms with Crippen LogP contribution < -0.4 is 22.1 Å². The van der Waals surface area contributed by atoms with Gasteiger partial charge in [-0.3, -0.25) is 24.1 Å². The summed E-state index contributed by atoms with van der Waals surface area (Å²) in [6, 6.07) is 0.0146. The minimum Gasteiger partial charge on any atom is -0.383 e. The molecule has 8 nitrogen and oxygen atoms in total. The monoisotopic (exact) mass is 352 g/mol. The van der Waals surface area contributed by atoms with E-state index < -0.39 is 0 Å². The summed E-state index contributed by atoms with van der Waals surface area (Å²) in [4.78, 5) is 37.6. The maximum atomic E-state index is 12.9. The molecule has 1 aliphatic carbocycles. The lowest BCUT2D eigenvalue weighted by atomic mass is 10.2. The lowest BCUT2D eigenvalue weighted by Gasteiger charge is -2.11. The summed E-state index contributed by atoms with van der Waals surface area (Å²) in [6.45, 7) is 3.07. The number of methoxy groups -OCH3 is 1. The SMILES string of the molecule is COCCn1c(=O)n(C2CC2)c(=O)c2c(C)c(CNNC=O)sc21. The Balaban J connectivity index is 2.18. The van der Waals surface area contributed by atoms with Crippen molar-refractivity contribution in [3.05, 3.63) is 31.3 Å². The molecule has 0 atom stereocenters. The van der Waals surface area contributed by atoms with Crippen LogP contribution in [0.1, 0.15) is 29.3 Å². The first kappa shape index (κ1) is 16.9. The molecule has 130 valence electrons. The Morgan fingerprint density at radius 1 is 1.38 bits per heavy atom. The van der Waals surface area contributed by atoms with Crippen molar-refractivity contribution >= 4 is 28.0 Å². The van der Waals surface area contributed by atoms with Gasteiger partial charge in [0.05, 0.1) is 18.5 Å². The van der Waals surface area contributed by atoms with Crippen LogP contribution in [-0.2, 0) is 22.6 Å². The fourth-order valence-electron chi connectivity index (χ4n) is 2.79. The highest BCUT2D eigenvalue weighted by atomic mass is 32.1. The van der Waals surface area contributed by atoms with Crippen LogP contribution in [0, 0.1) is 6.92 Å². The number of nitrogens with one attached hydrogen (secondary N) is 2. The molecule has 0 aliphatic heterocycles. The number of hydrogen-bond donors (Lipinski definition) is 2. The zero-order valence-corrected chi connectivity index (χ0v) is 14.4. The Kier molecular flexibility index (Phi) is 4.83. The number of carbonyl (C=O) groups is 1. The second kappa shape index (κ2) is 6.88. The summed E-state index contributed by atoms with van der Waals surface area (Å²) in [5.41, 5.74) is 5.53. The molecule has 0 saturated heterocycles. The minimum absolute atomic E-state index is 0.0146. The normalized spacial score (nSPS) is 14.2. The second-order valence-electron chi connectivity index (χ2n) is 5.78. The molecule has 9 heteroatoms. The average molecular weight is 352 g/mol. The van der Waals surface area contributed by atoms with Crippen molar-refractivity contribution in [1.29, 1.82) is 0 Å². The van der Waals surface area contributed by atoms with Crippen molar-refractivity contribution in [2.24, 2.45) is 0 Å². The van der Waals surface area contributed by atoms with Crippen molar-refractivity contribution < 1.29 is 9.53 Å². The number of rotatable bonds is 8. The van der Waals surface area contributed by atoms with Crippen LogP contribution in [-0.4, -0.2) is 29.3 Å². The van der Waals surface area contributed by atoms with Gasteiger partial charge in [0, 0.05) is 24.6 Å². The van der Waals surface area contributed by atoms with Crippen LogP contribution in [0.4, 0.5) is 0 Å². The van der Waals surface area contributed by atoms with Crippen LogP contribution in [0.2, 0.25) is 0 Å². The molecule has 24 heavy (non-hydrogen) atoms. The largest absolute Gasteiger partial charge is 0.383 e. The molecule has 1 fully saturated rings. The predicted molar refractivity (Wildman–Crippen MR) is 91.3 cm³/mol. The van der Waals surface area contributed by atoms with Crippen LogP contribution in [0.5, 0.6) is 0 Å². The molecule has 2 aromatic heterocycles. The molecule has 0 unspecified atom stereocenters. The third kappa shape index (κ3) is 2.90. The second-order valence-corrected chi connectivity index (χ2v) is 6.86. The van der Waals surface area contributed by atoms with Gasteiger partial charge in [0.15, 0.2) is 0 Å².